The number of nitrogens with one attached hydrogen (secondary N) is 1. The van der Waals surface area contributed by atoms with E-state index in [9.17, 15) is 4.79 Å². The molecule has 3 aromatic rings. The van der Waals surface area contributed by atoms with Crippen molar-refractivity contribution in [3.63, 3.8) is 0 Å². The van der Waals surface area contributed by atoms with Gasteiger partial charge in [-0.15, -0.1) is 0 Å². The average Bonchev–Trinajstić information content (AvgIpc) is 2.70. The van der Waals surface area contributed by atoms with E-state index < -0.39 is 0 Å². The van der Waals surface area contributed by atoms with E-state index in [1.165, 1.54) is 17.7 Å². The molecule has 146 valence electrons. The van der Waals surface area contributed by atoms with Crippen LogP contribution < -0.4 is 5.56 Å². The molecule has 0 atom stereocenters. The quantitative estimate of drug-likeness (QED) is 0.618. The molecule has 1 saturated heterocycles. The molecule has 6 heteroatoms. The second kappa shape index (κ2) is 8.29. The summed E-state index contributed by atoms with van der Waals surface area (Å²) >= 11 is 8.07. The van der Waals surface area contributed by atoms with Crippen LogP contribution in [0.25, 0.3) is 22.0 Å². The van der Waals surface area contributed by atoms with E-state index in [4.69, 9.17) is 11.6 Å². The van der Waals surface area contributed by atoms with Crippen molar-refractivity contribution in [2.24, 2.45) is 0 Å². The molecular formula is C22H24ClN3OS. The maximum atomic E-state index is 12.4. The number of H-pyrrole nitrogens is 1. The van der Waals surface area contributed by atoms with Crippen LogP contribution >= 0.6 is 23.5 Å². The second-order valence-corrected chi connectivity index (χ2v) is 9.05. The number of benzene rings is 2. The highest BCUT2D eigenvalue weighted by Crippen LogP contribution is 2.30. The largest absolute Gasteiger partial charge is 0.321 e. The number of aromatic amines is 1. The van der Waals surface area contributed by atoms with Gasteiger partial charge >= 0.3 is 0 Å². The molecule has 1 aromatic heterocycles. The minimum absolute atomic E-state index is 0.115. The van der Waals surface area contributed by atoms with Crippen LogP contribution in [0.1, 0.15) is 12.8 Å². The van der Waals surface area contributed by atoms with Crippen LogP contribution in [-0.4, -0.2) is 47.4 Å². The summed E-state index contributed by atoms with van der Waals surface area (Å²) in [6.07, 6.45) is 2.41. The molecule has 1 aliphatic heterocycles. The van der Waals surface area contributed by atoms with Gasteiger partial charge in [0.25, 0.3) is 5.56 Å². The predicted octanol–water partition coefficient (Wildman–Crippen LogP) is 4.88. The Morgan fingerprint density at radius 1 is 1.11 bits per heavy atom. The van der Waals surface area contributed by atoms with Crippen molar-refractivity contribution in [2.75, 3.05) is 27.2 Å². The summed E-state index contributed by atoms with van der Waals surface area (Å²) in [5.74, 6) is 0. The van der Waals surface area contributed by atoms with Crippen molar-refractivity contribution in [3.05, 3.63) is 63.9 Å². The van der Waals surface area contributed by atoms with Gasteiger partial charge in [-0.2, -0.15) is 0 Å². The minimum Gasteiger partial charge on any atom is -0.321 e. The summed E-state index contributed by atoms with van der Waals surface area (Å²) in [5.41, 5.74) is 1.64. The Balaban J connectivity index is 1.53. The van der Waals surface area contributed by atoms with Crippen LogP contribution in [-0.2, 0) is 0 Å². The first-order chi connectivity index (χ1) is 13.5. The third-order valence-corrected chi connectivity index (χ3v) is 6.85. The Morgan fingerprint density at radius 3 is 2.54 bits per heavy atom. The van der Waals surface area contributed by atoms with Gasteiger partial charge in [-0.1, -0.05) is 29.8 Å². The number of piperidine rings is 1. The van der Waals surface area contributed by atoms with E-state index in [0.29, 0.717) is 16.5 Å². The molecule has 1 fully saturated rings. The Bertz CT molecular complexity index is 1030. The van der Waals surface area contributed by atoms with E-state index in [-0.39, 0.29) is 5.56 Å². The number of likely N-dealkylation sites (tertiary alicyclic amines) is 1. The molecule has 4 nitrogen and oxygen atoms in total. The van der Waals surface area contributed by atoms with Crippen LogP contribution in [0.4, 0.5) is 0 Å². The molecule has 0 aliphatic carbocycles. The topological polar surface area (TPSA) is 39.3 Å². The van der Waals surface area contributed by atoms with E-state index in [1.807, 2.05) is 12.1 Å². The van der Waals surface area contributed by atoms with Gasteiger partial charge in [0, 0.05) is 32.4 Å². The van der Waals surface area contributed by atoms with Crippen LogP contribution in [0.2, 0.25) is 5.02 Å². The van der Waals surface area contributed by atoms with Gasteiger partial charge in [-0.3, -0.25) is 4.79 Å². The van der Waals surface area contributed by atoms with E-state index in [1.54, 1.807) is 24.1 Å². The van der Waals surface area contributed by atoms with Gasteiger partial charge in [0.15, 0.2) is 0 Å². The Morgan fingerprint density at radius 2 is 1.82 bits per heavy atom. The van der Waals surface area contributed by atoms with Gasteiger partial charge in [0.2, 0.25) is 0 Å². The van der Waals surface area contributed by atoms with Crippen molar-refractivity contribution in [3.8, 4) is 11.3 Å². The van der Waals surface area contributed by atoms with Gasteiger partial charge in [-0.25, -0.2) is 4.31 Å². The molecule has 0 unspecified atom stereocenters. The lowest BCUT2D eigenvalue weighted by Crippen LogP contribution is -2.39. The Kier molecular flexibility index (Phi) is 5.78. The first-order valence-electron chi connectivity index (χ1n) is 9.52. The molecule has 28 heavy (non-hydrogen) atoms. The summed E-state index contributed by atoms with van der Waals surface area (Å²) in [7, 11) is 4.36. The maximum absolute atomic E-state index is 12.4. The second-order valence-electron chi connectivity index (χ2n) is 7.41. The highest BCUT2D eigenvalue weighted by molar-refractivity contribution is 7.97. The molecule has 0 radical (unpaired) electrons. The molecule has 0 amide bonds. The summed E-state index contributed by atoms with van der Waals surface area (Å²) in [6, 6.07) is 16.3. The van der Waals surface area contributed by atoms with Crippen molar-refractivity contribution < 1.29 is 0 Å². The van der Waals surface area contributed by atoms with E-state index in [0.717, 1.165) is 29.7 Å². The van der Waals surface area contributed by atoms with Gasteiger partial charge < -0.3 is 9.88 Å². The van der Waals surface area contributed by atoms with Crippen molar-refractivity contribution in [1.29, 1.82) is 0 Å². The van der Waals surface area contributed by atoms with Crippen LogP contribution in [0.3, 0.4) is 0 Å². The first-order valence-corrected chi connectivity index (χ1v) is 10.7. The molecule has 0 saturated carbocycles. The lowest BCUT2D eigenvalue weighted by molar-refractivity contribution is 0.205. The Labute approximate surface area is 174 Å². The number of rotatable bonds is 4. The minimum atomic E-state index is -0.115. The highest BCUT2D eigenvalue weighted by Gasteiger charge is 2.21. The fourth-order valence-corrected chi connectivity index (χ4v) is 4.88. The van der Waals surface area contributed by atoms with E-state index >= 15 is 0 Å². The van der Waals surface area contributed by atoms with Crippen LogP contribution in [0.5, 0.6) is 0 Å². The molecule has 1 aliphatic rings. The SMILES string of the molecule is CN1CCC(N(C)Sc2ccc(-c3cc4c(Cl)cccc4c(=O)[nH]3)cc2)CC1. The lowest BCUT2D eigenvalue weighted by atomic mass is 10.1. The molecule has 2 heterocycles. The fraction of sp³-hybridized carbons (Fsp3) is 0.318. The average molecular weight is 414 g/mol. The number of fused-ring (bicyclic) bond motifs is 1. The molecule has 1 N–H and O–H groups in total. The van der Waals surface area contributed by atoms with Crippen molar-refractivity contribution in [2.45, 2.75) is 23.8 Å². The monoisotopic (exact) mass is 413 g/mol. The Hall–Kier alpha value is -1.79. The third-order valence-electron chi connectivity index (χ3n) is 5.45. The lowest BCUT2D eigenvalue weighted by Gasteiger charge is -2.34. The molecule has 0 bridgehead atoms. The molecule has 0 spiro atoms. The summed E-state index contributed by atoms with van der Waals surface area (Å²) in [6.45, 7) is 2.32. The van der Waals surface area contributed by atoms with Gasteiger partial charge in [-0.05, 0) is 87.9 Å². The number of aromatic nitrogens is 1. The zero-order valence-electron chi connectivity index (χ0n) is 16.1. The predicted molar refractivity (Wildman–Crippen MR) is 119 cm³/mol. The smallest absolute Gasteiger partial charge is 0.256 e. The highest BCUT2D eigenvalue weighted by atomic mass is 35.5. The maximum Gasteiger partial charge on any atom is 0.256 e. The van der Waals surface area contributed by atoms with Crippen molar-refractivity contribution >= 4 is 34.3 Å². The summed E-state index contributed by atoms with van der Waals surface area (Å²) < 4.78 is 2.37. The number of hydrogen-bond acceptors (Lipinski definition) is 4. The number of pyridine rings is 1. The summed E-state index contributed by atoms with van der Waals surface area (Å²) in [5, 5.41) is 1.99. The third kappa shape index (κ3) is 4.13. The zero-order valence-corrected chi connectivity index (χ0v) is 17.7. The van der Waals surface area contributed by atoms with Crippen LogP contribution in [0.15, 0.2) is 58.2 Å². The van der Waals surface area contributed by atoms with Crippen molar-refractivity contribution in [1.82, 2.24) is 14.2 Å². The number of hydrogen-bond donors (Lipinski definition) is 1. The number of halogens is 1. The van der Waals surface area contributed by atoms with E-state index in [2.05, 4.69) is 52.5 Å². The fourth-order valence-electron chi connectivity index (χ4n) is 3.70. The van der Waals surface area contributed by atoms with Gasteiger partial charge in [0.05, 0.1) is 0 Å². The normalized spacial score (nSPS) is 16.1. The molecule has 4 rings (SSSR count). The molecule has 2 aromatic carbocycles. The first kappa shape index (κ1) is 19.5. The van der Waals surface area contributed by atoms with Gasteiger partial charge in [0.1, 0.15) is 0 Å². The van der Waals surface area contributed by atoms with Crippen LogP contribution in [0, 0.1) is 0 Å². The summed E-state index contributed by atoms with van der Waals surface area (Å²) in [4.78, 5) is 19.0. The zero-order chi connectivity index (χ0) is 19.7. The standard InChI is InChI=1S/C22H24ClN3OS/c1-25-12-10-16(11-13-25)26(2)28-17-8-6-15(7-9-17)21-14-19-18(22(27)24-21)4-3-5-20(19)23/h3-9,14,16H,10-13H2,1-2H3,(H,24,27). The molecular weight excluding hydrogens is 390 g/mol. The number of nitrogens with zero attached hydrogens (tertiary/aromatic N) is 2.